The third-order valence-electron chi connectivity index (χ3n) is 4.91. The van der Waals surface area contributed by atoms with Crippen molar-refractivity contribution < 1.29 is 4.74 Å². The Kier molecular flexibility index (Phi) is 3.69. The first-order valence-corrected chi connectivity index (χ1v) is 8.26. The number of aromatic nitrogens is 3. The maximum Gasteiger partial charge on any atom is 0.176 e. The molecular formula is C15H25N5O. The Bertz CT molecular complexity index is 498. The van der Waals surface area contributed by atoms with Crippen LogP contribution in [-0.4, -0.2) is 51.9 Å². The van der Waals surface area contributed by atoms with E-state index in [-0.39, 0.29) is 0 Å². The molecular weight excluding hydrogens is 266 g/mol. The Morgan fingerprint density at radius 1 is 1.24 bits per heavy atom. The fraction of sp³-hybridized carbons (Fsp3) is 0.867. The Morgan fingerprint density at radius 3 is 2.95 bits per heavy atom. The molecule has 1 saturated carbocycles. The molecule has 6 nitrogen and oxygen atoms in total. The van der Waals surface area contributed by atoms with Crippen LogP contribution in [0.1, 0.15) is 49.8 Å². The van der Waals surface area contributed by atoms with Crippen LogP contribution >= 0.6 is 0 Å². The topological polar surface area (TPSA) is 55.2 Å². The highest BCUT2D eigenvalue weighted by Crippen LogP contribution is 2.31. The lowest BCUT2D eigenvalue weighted by atomic mass is 10.1. The standard InChI is InChI=1S/C15H25N5O/c1-21-10-14-17-15-13(3-2-7-20(15)18-14)16-11-6-8-19(9-11)12-4-5-12/h11-13,16H,2-10H2,1H3/t11-,13-/m0/s1. The monoisotopic (exact) mass is 291 g/mol. The minimum atomic E-state index is 0.362. The highest BCUT2D eigenvalue weighted by atomic mass is 16.5. The number of nitrogens with zero attached hydrogens (tertiary/aromatic N) is 4. The van der Waals surface area contributed by atoms with Crippen molar-refractivity contribution >= 4 is 0 Å². The second-order valence-electron chi connectivity index (χ2n) is 6.62. The second kappa shape index (κ2) is 5.66. The normalized spacial score (nSPS) is 29.8. The molecule has 4 rings (SSSR count). The summed E-state index contributed by atoms with van der Waals surface area (Å²) in [5.74, 6) is 1.92. The van der Waals surface area contributed by atoms with Crippen molar-refractivity contribution in [1.82, 2.24) is 25.0 Å². The van der Waals surface area contributed by atoms with Crippen LogP contribution in [0, 0.1) is 0 Å². The highest BCUT2D eigenvalue weighted by molar-refractivity contribution is 5.03. The quantitative estimate of drug-likeness (QED) is 0.880. The van der Waals surface area contributed by atoms with Gasteiger partial charge in [-0.15, -0.1) is 0 Å². The molecule has 2 aliphatic heterocycles. The molecule has 0 bridgehead atoms. The number of fused-ring (bicyclic) bond motifs is 1. The van der Waals surface area contributed by atoms with Crippen LogP contribution in [0.2, 0.25) is 0 Å². The summed E-state index contributed by atoms with van der Waals surface area (Å²) in [5, 5.41) is 8.38. The van der Waals surface area contributed by atoms with Crippen LogP contribution in [0.5, 0.6) is 0 Å². The lowest BCUT2D eigenvalue weighted by molar-refractivity contribution is 0.177. The molecule has 3 aliphatic rings. The molecule has 1 N–H and O–H groups in total. The number of hydrogen-bond donors (Lipinski definition) is 1. The van der Waals surface area contributed by atoms with E-state index >= 15 is 0 Å². The number of ether oxygens (including phenoxy) is 1. The Balaban J connectivity index is 1.42. The minimum Gasteiger partial charge on any atom is -0.377 e. The first-order chi connectivity index (χ1) is 10.3. The van der Waals surface area contributed by atoms with Gasteiger partial charge in [-0.2, -0.15) is 5.10 Å². The van der Waals surface area contributed by atoms with Crippen LogP contribution in [-0.2, 0) is 17.9 Å². The fourth-order valence-electron chi connectivity index (χ4n) is 3.73. The summed E-state index contributed by atoms with van der Waals surface area (Å²) in [6.45, 7) is 3.96. The number of rotatable bonds is 5. The van der Waals surface area contributed by atoms with E-state index in [1.54, 1.807) is 7.11 Å². The lowest BCUT2D eigenvalue weighted by Gasteiger charge is -2.26. The molecule has 0 radical (unpaired) electrons. The Hall–Kier alpha value is -0.980. The zero-order valence-electron chi connectivity index (χ0n) is 12.8. The summed E-state index contributed by atoms with van der Waals surface area (Å²) in [6.07, 6.45) is 6.44. The number of nitrogens with one attached hydrogen (secondary N) is 1. The van der Waals surface area contributed by atoms with Crippen molar-refractivity contribution in [3.05, 3.63) is 11.6 Å². The third kappa shape index (κ3) is 2.84. The van der Waals surface area contributed by atoms with E-state index in [1.807, 2.05) is 0 Å². The fourth-order valence-corrected chi connectivity index (χ4v) is 3.73. The van der Waals surface area contributed by atoms with Gasteiger partial charge in [-0.05, 0) is 32.1 Å². The zero-order chi connectivity index (χ0) is 14.2. The minimum absolute atomic E-state index is 0.362. The smallest absolute Gasteiger partial charge is 0.176 e. The van der Waals surface area contributed by atoms with Gasteiger partial charge in [0.1, 0.15) is 12.4 Å². The second-order valence-corrected chi connectivity index (χ2v) is 6.62. The molecule has 2 atom stereocenters. The molecule has 1 aromatic heterocycles. The summed E-state index contributed by atoms with van der Waals surface area (Å²) in [4.78, 5) is 7.34. The van der Waals surface area contributed by atoms with Crippen molar-refractivity contribution in [2.75, 3.05) is 20.2 Å². The summed E-state index contributed by atoms with van der Waals surface area (Å²) in [5.41, 5.74) is 0. The number of likely N-dealkylation sites (tertiary alicyclic amines) is 1. The number of hydrogen-bond acceptors (Lipinski definition) is 5. The van der Waals surface area contributed by atoms with Gasteiger partial charge in [-0.25, -0.2) is 9.67 Å². The van der Waals surface area contributed by atoms with E-state index in [0.29, 0.717) is 18.7 Å². The predicted octanol–water partition coefficient (Wildman–Crippen LogP) is 1.09. The van der Waals surface area contributed by atoms with Crippen LogP contribution in [0.4, 0.5) is 0 Å². The molecule has 0 unspecified atom stereocenters. The van der Waals surface area contributed by atoms with Gasteiger partial charge in [-0.3, -0.25) is 4.90 Å². The molecule has 3 heterocycles. The average molecular weight is 291 g/mol. The molecule has 1 aliphatic carbocycles. The van der Waals surface area contributed by atoms with Crippen LogP contribution in [0.3, 0.4) is 0 Å². The van der Waals surface area contributed by atoms with E-state index in [9.17, 15) is 0 Å². The summed E-state index contributed by atoms with van der Waals surface area (Å²) in [7, 11) is 1.70. The molecule has 0 aromatic carbocycles. The largest absolute Gasteiger partial charge is 0.377 e. The maximum absolute atomic E-state index is 5.16. The highest BCUT2D eigenvalue weighted by Gasteiger charge is 2.36. The predicted molar refractivity (Wildman–Crippen MR) is 78.8 cm³/mol. The van der Waals surface area contributed by atoms with E-state index in [2.05, 4.69) is 25.0 Å². The van der Waals surface area contributed by atoms with E-state index in [0.717, 1.165) is 24.2 Å². The van der Waals surface area contributed by atoms with Crippen molar-refractivity contribution in [1.29, 1.82) is 0 Å². The van der Waals surface area contributed by atoms with Gasteiger partial charge in [-0.1, -0.05) is 0 Å². The molecule has 2 fully saturated rings. The SMILES string of the molecule is COCc1nc2n(n1)CCC[C@@H]2N[C@H]1CCN(C2CC2)C1. The van der Waals surface area contributed by atoms with E-state index in [1.165, 1.54) is 45.2 Å². The summed E-state index contributed by atoms with van der Waals surface area (Å²) < 4.78 is 7.23. The molecule has 116 valence electrons. The molecule has 6 heteroatoms. The molecule has 0 spiro atoms. The van der Waals surface area contributed by atoms with Gasteiger partial charge in [0.15, 0.2) is 5.82 Å². The van der Waals surface area contributed by atoms with Crippen molar-refractivity contribution in [2.45, 2.75) is 63.4 Å². The van der Waals surface area contributed by atoms with Gasteiger partial charge < -0.3 is 10.1 Å². The van der Waals surface area contributed by atoms with Gasteiger partial charge in [0.05, 0.1) is 6.04 Å². The van der Waals surface area contributed by atoms with E-state index in [4.69, 9.17) is 4.74 Å². The molecule has 21 heavy (non-hydrogen) atoms. The van der Waals surface area contributed by atoms with Gasteiger partial charge in [0, 0.05) is 38.8 Å². The molecule has 1 aromatic rings. The lowest BCUT2D eigenvalue weighted by Crippen LogP contribution is -2.38. The average Bonchev–Trinajstić information content (AvgIpc) is 3.08. The number of aryl methyl sites for hydroxylation is 1. The first-order valence-electron chi connectivity index (χ1n) is 8.26. The Labute approximate surface area is 125 Å². The van der Waals surface area contributed by atoms with Crippen molar-refractivity contribution in [2.24, 2.45) is 0 Å². The van der Waals surface area contributed by atoms with Gasteiger partial charge >= 0.3 is 0 Å². The van der Waals surface area contributed by atoms with Crippen molar-refractivity contribution in [3.8, 4) is 0 Å². The van der Waals surface area contributed by atoms with Gasteiger partial charge in [0.25, 0.3) is 0 Å². The number of methoxy groups -OCH3 is 1. The zero-order valence-corrected chi connectivity index (χ0v) is 12.8. The Morgan fingerprint density at radius 2 is 2.14 bits per heavy atom. The maximum atomic E-state index is 5.16. The van der Waals surface area contributed by atoms with Crippen molar-refractivity contribution in [3.63, 3.8) is 0 Å². The molecule has 1 saturated heterocycles. The first kappa shape index (κ1) is 13.7. The third-order valence-corrected chi connectivity index (χ3v) is 4.91. The van der Waals surface area contributed by atoms with Gasteiger partial charge in [0.2, 0.25) is 0 Å². The van der Waals surface area contributed by atoms with Crippen LogP contribution in [0.15, 0.2) is 0 Å². The van der Waals surface area contributed by atoms with E-state index < -0.39 is 0 Å². The van der Waals surface area contributed by atoms with Crippen LogP contribution in [0.25, 0.3) is 0 Å². The van der Waals surface area contributed by atoms with Crippen LogP contribution < -0.4 is 5.32 Å². The molecule has 0 amide bonds. The summed E-state index contributed by atoms with van der Waals surface area (Å²) >= 11 is 0. The summed E-state index contributed by atoms with van der Waals surface area (Å²) in [6, 6.07) is 1.87.